The van der Waals surface area contributed by atoms with Crippen LogP contribution in [0.2, 0.25) is 5.15 Å². The minimum Gasteiger partial charge on any atom is -0.343 e. The van der Waals surface area contributed by atoms with E-state index < -0.39 is 0 Å². The number of nitrogens with zero attached hydrogens (tertiary/aromatic N) is 4. The van der Waals surface area contributed by atoms with Gasteiger partial charge in [-0.2, -0.15) is 0 Å². The van der Waals surface area contributed by atoms with Crippen LogP contribution in [-0.4, -0.2) is 53.9 Å². The zero-order valence-electron chi connectivity index (χ0n) is 10.3. The standard InChI is InChI=1S/C12H18ClN4/c1-17(2)9-3-4-10(17)8-16(7-9)12-6-5-11(13)14-15-12/h5-6,9-10H,3-4,7-8H2,1-2H3/q+1/t9-,10+. The lowest BCUT2D eigenvalue weighted by molar-refractivity contribution is -0.925. The van der Waals surface area contributed by atoms with E-state index in [1.165, 1.54) is 12.8 Å². The van der Waals surface area contributed by atoms with Gasteiger partial charge in [-0.15, -0.1) is 10.2 Å². The minimum atomic E-state index is 0.463. The summed E-state index contributed by atoms with van der Waals surface area (Å²) in [7, 11) is 4.71. The fourth-order valence-corrected chi connectivity index (χ4v) is 3.30. The molecule has 0 unspecified atom stereocenters. The molecule has 2 aliphatic heterocycles. The molecular formula is C12H18ClN4+. The van der Waals surface area contributed by atoms with Crippen molar-refractivity contribution in [2.45, 2.75) is 24.9 Å². The van der Waals surface area contributed by atoms with Crippen LogP contribution in [0.1, 0.15) is 12.8 Å². The zero-order chi connectivity index (χ0) is 12.0. The number of halogens is 1. The van der Waals surface area contributed by atoms with Crippen LogP contribution >= 0.6 is 11.6 Å². The predicted octanol–water partition coefficient (Wildman–Crippen LogP) is 1.56. The van der Waals surface area contributed by atoms with Gasteiger partial charge in [0.15, 0.2) is 11.0 Å². The van der Waals surface area contributed by atoms with Gasteiger partial charge in [-0.3, -0.25) is 0 Å². The second-order valence-electron chi connectivity index (χ2n) is 5.63. The van der Waals surface area contributed by atoms with Gasteiger partial charge in [0.05, 0.1) is 27.2 Å². The largest absolute Gasteiger partial charge is 0.343 e. The lowest BCUT2D eigenvalue weighted by atomic mass is 10.1. The third-order valence-corrected chi connectivity index (χ3v) is 4.72. The van der Waals surface area contributed by atoms with Crippen molar-refractivity contribution in [2.75, 3.05) is 32.1 Å². The molecule has 3 heterocycles. The first-order valence-electron chi connectivity index (χ1n) is 6.15. The van der Waals surface area contributed by atoms with E-state index in [9.17, 15) is 0 Å². The van der Waals surface area contributed by atoms with Crippen molar-refractivity contribution in [2.24, 2.45) is 0 Å². The Labute approximate surface area is 107 Å². The fraction of sp³-hybridized carbons (Fsp3) is 0.667. The van der Waals surface area contributed by atoms with E-state index in [0.29, 0.717) is 5.15 Å². The third kappa shape index (κ3) is 1.79. The normalized spacial score (nSPS) is 30.6. The second-order valence-corrected chi connectivity index (χ2v) is 6.02. The molecule has 2 atom stereocenters. The molecule has 5 heteroatoms. The van der Waals surface area contributed by atoms with E-state index >= 15 is 0 Å². The Balaban J connectivity index is 1.82. The van der Waals surface area contributed by atoms with Crippen molar-refractivity contribution in [1.29, 1.82) is 0 Å². The molecule has 1 aromatic heterocycles. The number of rotatable bonds is 1. The summed E-state index contributed by atoms with van der Waals surface area (Å²) in [4.78, 5) is 2.36. The van der Waals surface area contributed by atoms with Crippen LogP contribution in [0.4, 0.5) is 5.82 Å². The minimum absolute atomic E-state index is 0.463. The van der Waals surface area contributed by atoms with Crippen LogP contribution in [0.25, 0.3) is 0 Å². The summed E-state index contributed by atoms with van der Waals surface area (Å²) in [5, 5.41) is 8.58. The Bertz CT molecular complexity index is 401. The highest BCUT2D eigenvalue weighted by atomic mass is 35.5. The highest BCUT2D eigenvalue weighted by Crippen LogP contribution is 2.35. The lowest BCUT2D eigenvalue weighted by Crippen LogP contribution is -2.62. The molecule has 3 rings (SSSR count). The van der Waals surface area contributed by atoms with Gasteiger partial charge < -0.3 is 9.38 Å². The SMILES string of the molecule is C[N+]1(C)[C@@H]2CC[C@H]1CN(c1ccc(Cl)nn1)C2. The number of anilines is 1. The van der Waals surface area contributed by atoms with E-state index in [1.54, 1.807) is 0 Å². The van der Waals surface area contributed by atoms with Gasteiger partial charge in [0.1, 0.15) is 12.1 Å². The van der Waals surface area contributed by atoms with Crippen molar-refractivity contribution in [3.05, 3.63) is 17.3 Å². The molecular weight excluding hydrogens is 236 g/mol. The molecule has 2 saturated heterocycles. The topological polar surface area (TPSA) is 29.0 Å². The first kappa shape index (κ1) is 11.2. The third-order valence-electron chi connectivity index (χ3n) is 4.52. The Hall–Kier alpha value is -0.870. The van der Waals surface area contributed by atoms with Crippen molar-refractivity contribution < 1.29 is 4.48 Å². The number of aromatic nitrogens is 2. The summed E-state index contributed by atoms with van der Waals surface area (Å²) in [6.07, 6.45) is 2.66. The van der Waals surface area contributed by atoms with Crippen LogP contribution in [-0.2, 0) is 0 Å². The monoisotopic (exact) mass is 253 g/mol. The van der Waals surface area contributed by atoms with Crippen molar-refractivity contribution in [1.82, 2.24) is 10.2 Å². The second kappa shape index (κ2) is 3.82. The molecule has 0 aromatic carbocycles. The molecule has 1 aromatic rings. The molecule has 4 nitrogen and oxygen atoms in total. The molecule has 0 saturated carbocycles. The number of hydrogen-bond donors (Lipinski definition) is 0. The maximum Gasteiger partial charge on any atom is 0.151 e. The van der Waals surface area contributed by atoms with E-state index in [1.807, 2.05) is 12.1 Å². The maximum absolute atomic E-state index is 5.77. The van der Waals surface area contributed by atoms with Gasteiger partial charge in [-0.05, 0) is 12.1 Å². The molecule has 0 amide bonds. The smallest absolute Gasteiger partial charge is 0.151 e. The predicted molar refractivity (Wildman–Crippen MR) is 68.2 cm³/mol. The van der Waals surface area contributed by atoms with Gasteiger partial charge in [-0.25, -0.2) is 0 Å². The highest BCUT2D eigenvalue weighted by molar-refractivity contribution is 6.29. The first-order valence-corrected chi connectivity index (χ1v) is 6.52. The molecule has 2 fully saturated rings. The summed E-state index contributed by atoms with van der Waals surface area (Å²) >= 11 is 5.77. The van der Waals surface area contributed by atoms with Crippen molar-refractivity contribution >= 4 is 17.4 Å². The van der Waals surface area contributed by atoms with E-state index in [-0.39, 0.29) is 0 Å². The molecule has 0 spiro atoms. The number of hydrogen-bond acceptors (Lipinski definition) is 3. The maximum atomic E-state index is 5.77. The van der Waals surface area contributed by atoms with Crippen molar-refractivity contribution in [3.63, 3.8) is 0 Å². The highest BCUT2D eigenvalue weighted by Gasteiger charge is 2.48. The summed E-state index contributed by atoms with van der Waals surface area (Å²) in [6, 6.07) is 5.25. The quantitative estimate of drug-likeness (QED) is 0.712. The van der Waals surface area contributed by atoms with Gasteiger partial charge in [0, 0.05) is 12.8 Å². The van der Waals surface area contributed by atoms with Crippen LogP contribution in [0.15, 0.2) is 12.1 Å². The summed E-state index contributed by atoms with van der Waals surface area (Å²) in [6.45, 7) is 2.17. The van der Waals surface area contributed by atoms with E-state index in [2.05, 4.69) is 29.2 Å². The Morgan fingerprint density at radius 1 is 1.18 bits per heavy atom. The average molecular weight is 254 g/mol. The molecule has 2 bridgehead atoms. The molecule has 0 radical (unpaired) electrons. The number of quaternary nitrogens is 1. The van der Waals surface area contributed by atoms with E-state index in [4.69, 9.17) is 11.6 Å². The summed E-state index contributed by atoms with van der Waals surface area (Å²) < 4.78 is 1.16. The van der Waals surface area contributed by atoms with Gasteiger partial charge in [0.2, 0.25) is 0 Å². The summed E-state index contributed by atoms with van der Waals surface area (Å²) in [5.41, 5.74) is 0. The molecule has 2 aliphatic rings. The first-order chi connectivity index (χ1) is 8.07. The van der Waals surface area contributed by atoms with Crippen molar-refractivity contribution in [3.8, 4) is 0 Å². The van der Waals surface area contributed by atoms with Crippen LogP contribution in [0.5, 0.6) is 0 Å². The van der Waals surface area contributed by atoms with Gasteiger partial charge >= 0.3 is 0 Å². The molecule has 92 valence electrons. The average Bonchev–Trinajstić information content (AvgIpc) is 2.52. The molecule has 17 heavy (non-hydrogen) atoms. The van der Waals surface area contributed by atoms with Gasteiger partial charge in [0.25, 0.3) is 0 Å². The number of piperazine rings is 1. The van der Waals surface area contributed by atoms with Crippen LogP contribution in [0, 0.1) is 0 Å². The van der Waals surface area contributed by atoms with Gasteiger partial charge in [-0.1, -0.05) is 11.6 Å². The van der Waals surface area contributed by atoms with E-state index in [0.717, 1.165) is 35.5 Å². The summed E-state index contributed by atoms with van der Waals surface area (Å²) in [5.74, 6) is 0.964. The number of likely N-dealkylation sites (N-methyl/N-ethyl adjacent to an activating group) is 1. The zero-order valence-corrected chi connectivity index (χ0v) is 11.1. The Kier molecular flexibility index (Phi) is 2.52. The number of fused-ring (bicyclic) bond motifs is 2. The van der Waals surface area contributed by atoms with Crippen LogP contribution < -0.4 is 4.90 Å². The molecule has 0 N–H and O–H groups in total. The molecule has 0 aliphatic carbocycles. The Morgan fingerprint density at radius 3 is 2.35 bits per heavy atom. The fourth-order valence-electron chi connectivity index (χ4n) is 3.20. The lowest BCUT2D eigenvalue weighted by Gasteiger charge is -2.45. The Morgan fingerprint density at radius 2 is 1.82 bits per heavy atom. The van der Waals surface area contributed by atoms with Crippen LogP contribution in [0.3, 0.4) is 0 Å².